The number of ether oxygens (including phenoxy) is 1. The van der Waals surface area contributed by atoms with Crippen molar-refractivity contribution in [1.82, 2.24) is 34.3 Å². The van der Waals surface area contributed by atoms with Gasteiger partial charge in [0.05, 0.1) is 17.6 Å². The van der Waals surface area contributed by atoms with E-state index in [2.05, 4.69) is 25.6 Å². The van der Waals surface area contributed by atoms with Gasteiger partial charge in [-0.15, -0.1) is 10.2 Å². The van der Waals surface area contributed by atoms with Gasteiger partial charge in [-0.1, -0.05) is 18.2 Å². The fraction of sp³-hybridized carbons (Fsp3) is 0.208. The monoisotopic (exact) mass is 438 g/mol. The van der Waals surface area contributed by atoms with Crippen LogP contribution in [-0.4, -0.2) is 53.6 Å². The number of para-hydroxylation sites is 1. The second-order valence-corrected chi connectivity index (χ2v) is 7.93. The van der Waals surface area contributed by atoms with Crippen molar-refractivity contribution < 1.29 is 4.74 Å². The number of hydrogen-bond donors (Lipinski definition) is 1. The van der Waals surface area contributed by atoms with Crippen LogP contribution in [0.2, 0.25) is 0 Å². The minimum Gasteiger partial charge on any atom is -0.381 e. The molecule has 1 aromatic carbocycles. The second kappa shape index (κ2) is 8.44. The third-order valence-corrected chi connectivity index (χ3v) is 5.79. The van der Waals surface area contributed by atoms with Gasteiger partial charge in [-0.25, -0.2) is 14.6 Å². The summed E-state index contributed by atoms with van der Waals surface area (Å²) in [7, 11) is 0. The Morgan fingerprint density at radius 1 is 0.939 bits per heavy atom. The molecule has 5 aromatic rings. The van der Waals surface area contributed by atoms with Crippen molar-refractivity contribution >= 4 is 11.6 Å². The molecule has 33 heavy (non-hydrogen) atoms. The lowest BCUT2D eigenvalue weighted by Crippen LogP contribution is -2.28. The van der Waals surface area contributed by atoms with Crippen LogP contribution in [0.15, 0.2) is 73.2 Å². The summed E-state index contributed by atoms with van der Waals surface area (Å²) in [4.78, 5) is 9.11. The van der Waals surface area contributed by atoms with Crippen molar-refractivity contribution in [2.45, 2.75) is 18.9 Å². The summed E-state index contributed by atoms with van der Waals surface area (Å²) in [6, 6.07) is 18.2. The van der Waals surface area contributed by atoms with Crippen LogP contribution in [0.5, 0.6) is 0 Å². The maximum Gasteiger partial charge on any atom is 0.223 e. The van der Waals surface area contributed by atoms with Crippen molar-refractivity contribution in [3.8, 4) is 28.5 Å². The zero-order valence-corrected chi connectivity index (χ0v) is 17.9. The number of nitrogens with zero attached hydrogens (tertiary/aromatic N) is 7. The first-order chi connectivity index (χ1) is 16.3. The van der Waals surface area contributed by atoms with E-state index in [1.165, 1.54) is 0 Å². The number of anilines is 1. The summed E-state index contributed by atoms with van der Waals surface area (Å²) in [6.45, 7) is 1.54. The number of aromatic nitrogens is 7. The highest BCUT2D eigenvalue weighted by Crippen LogP contribution is 2.25. The highest BCUT2D eigenvalue weighted by atomic mass is 16.5. The Hall–Kier alpha value is -4.11. The van der Waals surface area contributed by atoms with Crippen LogP contribution in [0.25, 0.3) is 34.1 Å². The molecule has 9 heteroatoms. The lowest BCUT2D eigenvalue weighted by Gasteiger charge is -2.23. The average Bonchev–Trinajstić information content (AvgIpc) is 3.52. The van der Waals surface area contributed by atoms with Crippen molar-refractivity contribution in [2.24, 2.45) is 0 Å². The molecular formula is C24H22N8O. The molecule has 0 bridgehead atoms. The summed E-state index contributed by atoms with van der Waals surface area (Å²) >= 11 is 0. The van der Waals surface area contributed by atoms with E-state index in [1.807, 2.05) is 69.9 Å². The van der Waals surface area contributed by atoms with E-state index in [9.17, 15) is 0 Å². The summed E-state index contributed by atoms with van der Waals surface area (Å²) in [5.74, 6) is 1.36. The Morgan fingerprint density at radius 3 is 2.70 bits per heavy atom. The molecule has 164 valence electrons. The molecule has 1 saturated heterocycles. The van der Waals surface area contributed by atoms with Crippen molar-refractivity contribution in [3.63, 3.8) is 0 Å². The molecule has 6 rings (SSSR count). The number of nitrogens with one attached hydrogen (secondary N) is 1. The molecule has 0 atom stereocenters. The number of fused-ring (bicyclic) bond motifs is 1. The average molecular weight is 438 g/mol. The van der Waals surface area contributed by atoms with E-state index in [0.29, 0.717) is 12.0 Å². The predicted molar refractivity (Wildman–Crippen MR) is 124 cm³/mol. The minimum absolute atomic E-state index is 0.338. The fourth-order valence-electron chi connectivity index (χ4n) is 4.09. The highest BCUT2D eigenvalue weighted by Gasteiger charge is 2.17. The van der Waals surface area contributed by atoms with Crippen LogP contribution in [0.3, 0.4) is 0 Å². The number of pyridine rings is 1. The number of benzene rings is 1. The molecule has 0 aliphatic carbocycles. The highest BCUT2D eigenvalue weighted by molar-refractivity contribution is 5.67. The van der Waals surface area contributed by atoms with Crippen LogP contribution >= 0.6 is 0 Å². The molecule has 9 nitrogen and oxygen atoms in total. The zero-order chi connectivity index (χ0) is 22.0. The van der Waals surface area contributed by atoms with E-state index < -0.39 is 0 Å². The van der Waals surface area contributed by atoms with E-state index in [1.54, 1.807) is 12.4 Å². The van der Waals surface area contributed by atoms with Crippen LogP contribution in [0.1, 0.15) is 12.8 Å². The molecule has 0 saturated carbocycles. The summed E-state index contributed by atoms with van der Waals surface area (Å²) in [6.07, 6.45) is 7.44. The maximum absolute atomic E-state index is 5.43. The lowest BCUT2D eigenvalue weighted by atomic mass is 10.1. The molecule has 5 heterocycles. The predicted octanol–water partition coefficient (Wildman–Crippen LogP) is 3.63. The number of rotatable bonds is 5. The molecule has 0 amide bonds. The van der Waals surface area contributed by atoms with Gasteiger partial charge in [0.2, 0.25) is 5.95 Å². The third-order valence-electron chi connectivity index (χ3n) is 5.79. The molecule has 1 aliphatic heterocycles. The molecule has 4 aromatic heterocycles. The van der Waals surface area contributed by atoms with Gasteiger partial charge in [0.1, 0.15) is 5.69 Å². The molecule has 1 aliphatic rings. The van der Waals surface area contributed by atoms with Gasteiger partial charge in [-0.2, -0.15) is 5.10 Å². The summed E-state index contributed by atoms with van der Waals surface area (Å²) < 4.78 is 9.26. The van der Waals surface area contributed by atoms with E-state index in [0.717, 1.165) is 60.2 Å². The summed E-state index contributed by atoms with van der Waals surface area (Å²) in [5, 5.41) is 16.8. The van der Waals surface area contributed by atoms with Crippen LogP contribution in [0.4, 0.5) is 5.95 Å². The van der Waals surface area contributed by atoms with Gasteiger partial charge < -0.3 is 10.1 Å². The van der Waals surface area contributed by atoms with Gasteiger partial charge in [0.25, 0.3) is 0 Å². The SMILES string of the molecule is c1ccc(-n2nccc2-c2nnc3cc(-c4ccnc(NC5CCOCC5)n4)ccn23)cc1. The fourth-order valence-corrected chi connectivity index (χ4v) is 4.09. The van der Waals surface area contributed by atoms with Crippen molar-refractivity contribution in [1.29, 1.82) is 0 Å². The Bertz CT molecular complexity index is 1390. The quantitative estimate of drug-likeness (QED) is 0.448. The topological polar surface area (TPSA) is 95.0 Å². The second-order valence-electron chi connectivity index (χ2n) is 7.93. The van der Waals surface area contributed by atoms with Crippen molar-refractivity contribution in [3.05, 3.63) is 73.2 Å². The standard InChI is InChI=1S/C24H22N8O/c1-2-4-19(5-3-1)32-21(7-12-26-32)23-30-29-22-16-17(8-13-31(22)23)20-6-11-25-24(28-20)27-18-9-14-33-15-10-18/h1-8,11-13,16,18H,9-10,14-15H2,(H,25,27,28). The Morgan fingerprint density at radius 2 is 1.82 bits per heavy atom. The Labute approximate surface area is 190 Å². The van der Waals surface area contributed by atoms with Crippen LogP contribution < -0.4 is 5.32 Å². The smallest absolute Gasteiger partial charge is 0.223 e. The largest absolute Gasteiger partial charge is 0.381 e. The van der Waals surface area contributed by atoms with Gasteiger partial charge in [-0.05, 0) is 49.2 Å². The molecule has 0 unspecified atom stereocenters. The first-order valence-electron chi connectivity index (χ1n) is 11.0. The maximum atomic E-state index is 5.43. The molecular weight excluding hydrogens is 416 g/mol. The van der Waals surface area contributed by atoms with Crippen LogP contribution in [-0.2, 0) is 4.74 Å². The third kappa shape index (κ3) is 3.83. The van der Waals surface area contributed by atoms with Crippen molar-refractivity contribution in [2.75, 3.05) is 18.5 Å². The molecule has 0 radical (unpaired) electrons. The minimum atomic E-state index is 0.338. The normalized spacial score (nSPS) is 14.5. The van der Waals surface area contributed by atoms with E-state index in [-0.39, 0.29) is 0 Å². The number of hydrogen-bond acceptors (Lipinski definition) is 7. The van der Waals surface area contributed by atoms with Crippen LogP contribution in [0, 0.1) is 0 Å². The molecule has 0 spiro atoms. The first kappa shape index (κ1) is 19.6. The van der Waals surface area contributed by atoms with Gasteiger partial charge in [-0.3, -0.25) is 4.40 Å². The Balaban J connectivity index is 1.31. The van der Waals surface area contributed by atoms with E-state index in [4.69, 9.17) is 9.72 Å². The van der Waals surface area contributed by atoms with E-state index >= 15 is 0 Å². The summed E-state index contributed by atoms with van der Waals surface area (Å²) in [5.41, 5.74) is 4.36. The Kier molecular flexibility index (Phi) is 5.00. The van der Waals surface area contributed by atoms with Gasteiger partial charge in [0, 0.05) is 37.2 Å². The van der Waals surface area contributed by atoms with Gasteiger partial charge >= 0.3 is 0 Å². The first-order valence-corrected chi connectivity index (χ1v) is 11.0. The molecule has 1 fully saturated rings. The molecule has 1 N–H and O–H groups in total. The zero-order valence-electron chi connectivity index (χ0n) is 17.9. The lowest BCUT2D eigenvalue weighted by molar-refractivity contribution is 0.0903. The van der Waals surface area contributed by atoms with Gasteiger partial charge in [0.15, 0.2) is 11.5 Å².